The summed E-state index contributed by atoms with van der Waals surface area (Å²) in [4.78, 5) is 0. The van der Waals surface area contributed by atoms with Crippen molar-refractivity contribution in [1.82, 2.24) is 0 Å². The van der Waals surface area contributed by atoms with E-state index in [1.807, 2.05) is 0 Å². The zero-order valence-electron chi connectivity index (χ0n) is 9.75. The van der Waals surface area contributed by atoms with Gasteiger partial charge in [0.1, 0.15) is 0 Å². The summed E-state index contributed by atoms with van der Waals surface area (Å²) in [5.74, 6) is 2.39. The van der Waals surface area contributed by atoms with Gasteiger partial charge >= 0.3 is 0 Å². The van der Waals surface area contributed by atoms with Crippen LogP contribution in [-0.2, 0) is 0 Å². The molecule has 0 rings (SSSR count). The Balaban J connectivity index is 4.15. The Morgan fingerprint density at radius 1 is 0.923 bits per heavy atom. The van der Waals surface area contributed by atoms with Crippen LogP contribution in [0.15, 0.2) is 0 Å². The molecule has 0 saturated heterocycles. The third-order valence-electron chi connectivity index (χ3n) is 3.40. The standard InChI is InChI=1S/C11H26P2/c1-6-8(4)10(12)11(13)9(5)7(2)3/h7-11H,6,12-13H2,1-5H3. The van der Waals surface area contributed by atoms with Crippen LogP contribution >= 0.6 is 18.5 Å². The molecule has 0 radical (unpaired) electrons. The Bertz CT molecular complexity index is 134. The predicted molar refractivity (Wildman–Crippen MR) is 70.5 cm³/mol. The summed E-state index contributed by atoms with van der Waals surface area (Å²) in [6, 6.07) is 0. The maximum atomic E-state index is 3.03. The average Bonchev–Trinajstić information content (AvgIpc) is 2.12. The third kappa shape index (κ3) is 4.26. The number of hydrogen-bond acceptors (Lipinski definition) is 0. The Hall–Kier alpha value is 0.860. The number of hydrogen-bond donors (Lipinski definition) is 0. The minimum absolute atomic E-state index is 0.736. The zero-order chi connectivity index (χ0) is 10.6. The Morgan fingerprint density at radius 3 is 1.69 bits per heavy atom. The fourth-order valence-electron chi connectivity index (χ4n) is 1.45. The Kier molecular flexibility index (Phi) is 6.78. The molecule has 0 aromatic rings. The molecule has 0 heterocycles. The quantitative estimate of drug-likeness (QED) is 0.618. The molecule has 0 aliphatic heterocycles. The Labute approximate surface area is 89.0 Å². The Morgan fingerprint density at radius 2 is 1.38 bits per heavy atom. The highest BCUT2D eigenvalue weighted by Crippen LogP contribution is 2.32. The van der Waals surface area contributed by atoms with E-state index in [9.17, 15) is 0 Å². The molecule has 13 heavy (non-hydrogen) atoms. The van der Waals surface area contributed by atoms with Crippen molar-refractivity contribution in [3.8, 4) is 0 Å². The molecule has 6 unspecified atom stereocenters. The van der Waals surface area contributed by atoms with Gasteiger partial charge in [-0.05, 0) is 29.1 Å². The van der Waals surface area contributed by atoms with Gasteiger partial charge in [-0.3, -0.25) is 0 Å². The van der Waals surface area contributed by atoms with Gasteiger partial charge in [0, 0.05) is 0 Å². The van der Waals surface area contributed by atoms with Crippen LogP contribution in [0.2, 0.25) is 0 Å². The van der Waals surface area contributed by atoms with Gasteiger partial charge in [-0.1, -0.05) is 41.0 Å². The van der Waals surface area contributed by atoms with Crippen molar-refractivity contribution in [3.63, 3.8) is 0 Å². The summed E-state index contributed by atoms with van der Waals surface area (Å²) in [6.07, 6.45) is 1.28. The molecule has 0 aromatic heterocycles. The topological polar surface area (TPSA) is 0 Å². The molecule has 0 nitrogen and oxygen atoms in total. The molecule has 0 amide bonds. The summed E-state index contributed by atoms with van der Waals surface area (Å²) < 4.78 is 0. The van der Waals surface area contributed by atoms with Crippen LogP contribution in [0.4, 0.5) is 0 Å². The second-order valence-corrected chi connectivity index (χ2v) is 6.18. The van der Waals surface area contributed by atoms with Gasteiger partial charge in [-0.25, -0.2) is 0 Å². The van der Waals surface area contributed by atoms with Crippen molar-refractivity contribution in [1.29, 1.82) is 0 Å². The van der Waals surface area contributed by atoms with Crippen molar-refractivity contribution in [2.75, 3.05) is 0 Å². The summed E-state index contributed by atoms with van der Waals surface area (Å²) in [5.41, 5.74) is 1.48. The van der Waals surface area contributed by atoms with E-state index in [4.69, 9.17) is 0 Å². The molecule has 0 N–H and O–H groups in total. The maximum absolute atomic E-state index is 3.03. The van der Waals surface area contributed by atoms with Gasteiger partial charge in [0.2, 0.25) is 0 Å². The van der Waals surface area contributed by atoms with E-state index in [0.717, 1.165) is 29.1 Å². The second-order valence-electron chi connectivity index (χ2n) is 4.64. The first-order chi connectivity index (χ1) is 5.91. The van der Waals surface area contributed by atoms with E-state index >= 15 is 0 Å². The lowest BCUT2D eigenvalue weighted by Crippen LogP contribution is -2.29. The van der Waals surface area contributed by atoms with E-state index in [1.54, 1.807) is 0 Å². The fourth-order valence-corrected chi connectivity index (χ4v) is 2.89. The van der Waals surface area contributed by atoms with Crippen molar-refractivity contribution < 1.29 is 0 Å². The first-order valence-electron chi connectivity index (χ1n) is 5.42. The maximum Gasteiger partial charge on any atom is -0.0171 e. The van der Waals surface area contributed by atoms with E-state index in [1.165, 1.54) is 6.42 Å². The van der Waals surface area contributed by atoms with E-state index < -0.39 is 0 Å². The predicted octanol–water partition coefficient (Wildman–Crippen LogP) is 3.81. The molecule has 2 heteroatoms. The summed E-state index contributed by atoms with van der Waals surface area (Å²) in [5, 5.41) is 0. The van der Waals surface area contributed by atoms with Crippen LogP contribution in [-0.4, -0.2) is 11.3 Å². The highest BCUT2D eigenvalue weighted by molar-refractivity contribution is 7.23. The van der Waals surface area contributed by atoms with E-state index in [2.05, 4.69) is 53.1 Å². The van der Waals surface area contributed by atoms with Gasteiger partial charge in [-0.2, -0.15) is 0 Å². The van der Waals surface area contributed by atoms with Crippen molar-refractivity contribution in [3.05, 3.63) is 0 Å². The van der Waals surface area contributed by atoms with Crippen molar-refractivity contribution in [2.45, 2.75) is 52.4 Å². The molecule has 0 saturated carbocycles. The van der Waals surface area contributed by atoms with Gasteiger partial charge in [0.25, 0.3) is 0 Å². The first kappa shape index (κ1) is 13.9. The molecule has 6 atom stereocenters. The third-order valence-corrected chi connectivity index (χ3v) is 6.00. The lowest BCUT2D eigenvalue weighted by Gasteiger charge is -2.31. The normalized spacial score (nSPS) is 21.2. The molecule has 0 aromatic carbocycles. The average molecular weight is 220 g/mol. The number of rotatable bonds is 5. The molecule has 0 fully saturated rings. The van der Waals surface area contributed by atoms with Crippen LogP contribution in [0, 0.1) is 17.8 Å². The second kappa shape index (κ2) is 6.36. The molecular formula is C11H26P2. The summed E-state index contributed by atoms with van der Waals surface area (Å²) in [7, 11) is 6.06. The molecular weight excluding hydrogens is 194 g/mol. The lowest BCUT2D eigenvalue weighted by molar-refractivity contribution is 0.366. The monoisotopic (exact) mass is 220 g/mol. The summed E-state index contributed by atoms with van der Waals surface area (Å²) >= 11 is 0. The van der Waals surface area contributed by atoms with E-state index in [-0.39, 0.29) is 0 Å². The molecule has 0 bridgehead atoms. The molecule has 0 aliphatic rings. The van der Waals surface area contributed by atoms with Crippen molar-refractivity contribution >= 4 is 18.5 Å². The lowest BCUT2D eigenvalue weighted by atomic mass is 9.88. The minimum Gasteiger partial charge on any atom is -0.134 e. The molecule has 0 spiro atoms. The largest absolute Gasteiger partial charge is 0.134 e. The molecule has 0 aliphatic carbocycles. The van der Waals surface area contributed by atoms with Gasteiger partial charge in [0.05, 0.1) is 0 Å². The van der Waals surface area contributed by atoms with Gasteiger partial charge in [-0.15, -0.1) is 18.5 Å². The van der Waals surface area contributed by atoms with Crippen LogP contribution in [0.1, 0.15) is 41.0 Å². The smallest absolute Gasteiger partial charge is 0.0171 e. The van der Waals surface area contributed by atoms with Gasteiger partial charge in [0.15, 0.2) is 0 Å². The minimum atomic E-state index is 0.736. The van der Waals surface area contributed by atoms with Crippen LogP contribution in [0.3, 0.4) is 0 Å². The summed E-state index contributed by atoms with van der Waals surface area (Å²) in [6.45, 7) is 11.6. The first-order valence-corrected chi connectivity index (χ1v) is 6.76. The highest BCUT2D eigenvalue weighted by atomic mass is 31.0. The van der Waals surface area contributed by atoms with Gasteiger partial charge < -0.3 is 0 Å². The SMILES string of the molecule is CCC(C)C(P)C(P)C(C)C(C)C. The molecule has 80 valence electrons. The highest BCUT2D eigenvalue weighted by Gasteiger charge is 2.24. The van der Waals surface area contributed by atoms with Crippen LogP contribution < -0.4 is 0 Å². The van der Waals surface area contributed by atoms with Crippen LogP contribution in [0.25, 0.3) is 0 Å². The van der Waals surface area contributed by atoms with Crippen molar-refractivity contribution in [2.24, 2.45) is 17.8 Å². The zero-order valence-corrected chi connectivity index (χ0v) is 12.1. The van der Waals surface area contributed by atoms with Crippen LogP contribution in [0.5, 0.6) is 0 Å². The fraction of sp³-hybridized carbons (Fsp3) is 1.00. The van der Waals surface area contributed by atoms with E-state index in [0.29, 0.717) is 0 Å².